The third kappa shape index (κ3) is 7.39. The molecule has 2 aliphatic rings. The SMILES string of the molecule is CC(C)(C)c1ccc([Si](OCC(=O)NCCCN[C@@H]2COC3C2OC[C@@H]3O[N+](=O)[O-])c2ccccc2)cc1. The Morgan fingerprint density at radius 2 is 1.71 bits per heavy atom. The van der Waals surface area contributed by atoms with Crippen molar-refractivity contribution >= 4 is 25.3 Å². The predicted molar refractivity (Wildman–Crippen MR) is 143 cm³/mol. The largest absolute Gasteiger partial charge is 0.398 e. The second-order valence-corrected chi connectivity index (χ2v) is 12.6. The van der Waals surface area contributed by atoms with Gasteiger partial charge < -0.3 is 29.4 Å². The first-order valence-corrected chi connectivity index (χ1v) is 14.3. The number of carbonyl (C=O) groups is 1. The van der Waals surface area contributed by atoms with Gasteiger partial charge >= 0.3 is 0 Å². The van der Waals surface area contributed by atoms with Crippen LogP contribution in [-0.4, -0.2) is 77.3 Å². The lowest BCUT2D eigenvalue weighted by atomic mass is 9.87. The summed E-state index contributed by atoms with van der Waals surface area (Å²) in [5.74, 6) is -0.155. The maximum absolute atomic E-state index is 12.5. The average molecular weight is 543 g/mol. The zero-order valence-corrected chi connectivity index (χ0v) is 23.1. The highest BCUT2D eigenvalue weighted by Crippen LogP contribution is 2.28. The van der Waals surface area contributed by atoms with E-state index in [1.54, 1.807) is 0 Å². The molecule has 2 aromatic carbocycles. The lowest BCUT2D eigenvalue weighted by Gasteiger charge is -2.21. The molecule has 2 unspecified atom stereocenters. The Bertz CT molecular complexity index is 1060. The molecule has 38 heavy (non-hydrogen) atoms. The molecule has 2 aromatic rings. The Balaban J connectivity index is 1.20. The summed E-state index contributed by atoms with van der Waals surface area (Å²) < 4.78 is 17.5. The van der Waals surface area contributed by atoms with E-state index in [9.17, 15) is 14.9 Å². The number of hydrogen-bond donors (Lipinski definition) is 2. The van der Waals surface area contributed by atoms with Crippen LogP contribution in [0.25, 0.3) is 0 Å². The molecule has 2 saturated heterocycles. The molecule has 11 heteroatoms. The third-order valence-electron chi connectivity index (χ3n) is 6.71. The molecular formula is C27H36N3O7Si. The van der Waals surface area contributed by atoms with Crippen molar-refractivity contribution in [2.24, 2.45) is 0 Å². The highest BCUT2D eigenvalue weighted by Gasteiger charge is 2.49. The normalized spacial score (nSPS) is 22.8. The van der Waals surface area contributed by atoms with Gasteiger partial charge in [0.15, 0.2) is 6.10 Å². The van der Waals surface area contributed by atoms with Crippen LogP contribution in [0, 0.1) is 10.1 Å². The second-order valence-electron chi connectivity index (χ2n) is 10.5. The van der Waals surface area contributed by atoms with Gasteiger partial charge in [0, 0.05) is 6.54 Å². The van der Waals surface area contributed by atoms with Gasteiger partial charge in [0.1, 0.15) is 18.8 Å². The number of nitrogens with zero attached hydrogens (tertiary/aromatic N) is 1. The monoisotopic (exact) mass is 542 g/mol. The zero-order valence-electron chi connectivity index (χ0n) is 22.1. The van der Waals surface area contributed by atoms with Gasteiger partial charge in [0.2, 0.25) is 5.91 Å². The first-order chi connectivity index (χ1) is 18.2. The van der Waals surface area contributed by atoms with Crippen LogP contribution in [0.2, 0.25) is 0 Å². The Morgan fingerprint density at radius 3 is 2.39 bits per heavy atom. The van der Waals surface area contributed by atoms with E-state index in [0.717, 1.165) is 10.4 Å². The maximum atomic E-state index is 12.5. The molecule has 1 radical (unpaired) electrons. The molecule has 2 aliphatic heterocycles. The summed E-state index contributed by atoms with van der Waals surface area (Å²) >= 11 is 0. The standard InChI is InChI=1S/C27H36N3O7Si/c1-27(2,3)19-10-12-21(13-11-19)38(20-8-5-4-6-9-20)36-18-24(31)29-15-7-14-28-22-16-34-26-23(37-30(32)33)17-35-25(22)26/h4-6,8-13,22-23,25-26,28H,7,14-18H2,1-3H3,(H,29,31)/t22-,23+,25?,26?/m1/s1. The fourth-order valence-corrected chi connectivity index (χ4v) is 6.58. The number of nitrogens with one attached hydrogen (secondary N) is 2. The highest BCUT2D eigenvalue weighted by molar-refractivity contribution is 6.80. The van der Waals surface area contributed by atoms with Crippen LogP contribution in [0.5, 0.6) is 0 Å². The molecule has 4 rings (SSSR count). The van der Waals surface area contributed by atoms with Crippen LogP contribution >= 0.6 is 0 Å². The summed E-state index contributed by atoms with van der Waals surface area (Å²) in [5.41, 5.74) is 1.32. The van der Waals surface area contributed by atoms with Crippen molar-refractivity contribution in [2.75, 3.05) is 32.9 Å². The molecule has 0 spiro atoms. The molecule has 1 amide bonds. The van der Waals surface area contributed by atoms with E-state index in [4.69, 9.17) is 13.9 Å². The fourth-order valence-electron chi connectivity index (χ4n) is 4.68. The smallest absolute Gasteiger partial charge is 0.294 e. The molecule has 2 heterocycles. The Labute approximate surface area is 224 Å². The van der Waals surface area contributed by atoms with Crippen molar-refractivity contribution < 1.29 is 28.6 Å². The van der Waals surface area contributed by atoms with E-state index in [0.29, 0.717) is 26.1 Å². The van der Waals surface area contributed by atoms with Gasteiger partial charge in [-0.25, -0.2) is 0 Å². The molecule has 0 aromatic heterocycles. The number of carbonyl (C=O) groups excluding carboxylic acids is 1. The second kappa shape index (κ2) is 12.8. The average Bonchev–Trinajstić information content (AvgIpc) is 3.47. The number of amides is 1. The summed E-state index contributed by atoms with van der Waals surface area (Å²) in [6.45, 7) is 8.22. The Hall–Kier alpha value is -2.83. The summed E-state index contributed by atoms with van der Waals surface area (Å²) in [6.07, 6.45) is -0.710. The van der Waals surface area contributed by atoms with E-state index >= 15 is 0 Å². The Kier molecular flexibility index (Phi) is 9.50. The molecular weight excluding hydrogens is 506 g/mol. The number of rotatable bonds is 12. The number of ether oxygens (including phenoxy) is 2. The maximum Gasteiger partial charge on any atom is 0.294 e. The van der Waals surface area contributed by atoms with Crippen molar-refractivity contribution in [1.29, 1.82) is 0 Å². The molecule has 10 nitrogen and oxygen atoms in total. The van der Waals surface area contributed by atoms with Gasteiger partial charge in [-0.1, -0.05) is 75.4 Å². The minimum Gasteiger partial charge on any atom is -0.398 e. The van der Waals surface area contributed by atoms with Crippen LogP contribution in [-0.2, 0) is 28.9 Å². The number of hydrogen-bond acceptors (Lipinski definition) is 8. The van der Waals surface area contributed by atoms with Crippen molar-refractivity contribution in [1.82, 2.24) is 10.6 Å². The van der Waals surface area contributed by atoms with Crippen LogP contribution in [0.15, 0.2) is 54.6 Å². The van der Waals surface area contributed by atoms with E-state index in [-0.39, 0.29) is 36.7 Å². The van der Waals surface area contributed by atoms with Crippen molar-refractivity contribution in [3.63, 3.8) is 0 Å². The minimum atomic E-state index is -1.58. The first kappa shape index (κ1) is 28.2. The number of benzene rings is 2. The molecule has 0 aliphatic carbocycles. The van der Waals surface area contributed by atoms with Crippen molar-refractivity contribution in [3.8, 4) is 0 Å². The summed E-state index contributed by atoms with van der Waals surface area (Å²) in [5, 5.41) is 18.3. The van der Waals surface area contributed by atoms with Crippen LogP contribution in [0.1, 0.15) is 32.8 Å². The van der Waals surface area contributed by atoms with Crippen LogP contribution < -0.4 is 21.0 Å². The van der Waals surface area contributed by atoms with Gasteiger partial charge in [-0.2, -0.15) is 0 Å². The third-order valence-corrected chi connectivity index (χ3v) is 8.86. The number of fused-ring (bicyclic) bond motifs is 1. The van der Waals surface area contributed by atoms with Crippen molar-refractivity contribution in [3.05, 3.63) is 70.3 Å². The van der Waals surface area contributed by atoms with Gasteiger partial charge in [-0.3, -0.25) is 4.79 Å². The predicted octanol–water partition coefficient (Wildman–Crippen LogP) is 0.945. The molecule has 2 N–H and O–H groups in total. The molecule has 0 saturated carbocycles. The lowest BCUT2D eigenvalue weighted by molar-refractivity contribution is -0.769. The first-order valence-electron chi connectivity index (χ1n) is 12.9. The van der Waals surface area contributed by atoms with Gasteiger partial charge in [0.25, 0.3) is 14.1 Å². The van der Waals surface area contributed by atoms with E-state index in [1.807, 2.05) is 30.3 Å². The molecule has 2 fully saturated rings. The van der Waals surface area contributed by atoms with Crippen LogP contribution in [0.3, 0.4) is 0 Å². The zero-order chi connectivity index (χ0) is 27.1. The summed E-state index contributed by atoms with van der Waals surface area (Å²) in [6, 6.07) is 18.5. The highest BCUT2D eigenvalue weighted by atomic mass is 28.3. The van der Waals surface area contributed by atoms with Gasteiger partial charge in [-0.15, -0.1) is 10.1 Å². The van der Waals surface area contributed by atoms with Crippen molar-refractivity contribution in [2.45, 2.75) is 57.0 Å². The van der Waals surface area contributed by atoms with E-state index in [1.165, 1.54) is 5.56 Å². The molecule has 0 bridgehead atoms. The van der Waals surface area contributed by atoms with E-state index in [2.05, 4.69) is 60.5 Å². The summed E-state index contributed by atoms with van der Waals surface area (Å²) in [7, 11) is -1.58. The van der Waals surface area contributed by atoms with E-state index < -0.39 is 26.3 Å². The summed E-state index contributed by atoms with van der Waals surface area (Å²) in [4.78, 5) is 27.8. The molecule has 4 atom stereocenters. The van der Waals surface area contributed by atoms with Gasteiger partial charge in [-0.05, 0) is 34.3 Å². The minimum absolute atomic E-state index is 0.0104. The lowest BCUT2D eigenvalue weighted by Crippen LogP contribution is -2.47. The quantitative estimate of drug-likeness (QED) is 0.176. The topological polar surface area (TPSA) is 121 Å². The van der Waals surface area contributed by atoms with Crippen LogP contribution in [0.4, 0.5) is 0 Å². The molecule has 205 valence electrons. The Morgan fingerprint density at radius 1 is 1.03 bits per heavy atom. The van der Waals surface area contributed by atoms with Gasteiger partial charge in [0.05, 0.1) is 19.3 Å². The fraction of sp³-hybridized carbons (Fsp3) is 0.519.